The zero-order chi connectivity index (χ0) is 19.7. The molecule has 0 saturated carbocycles. The van der Waals surface area contributed by atoms with Gasteiger partial charge in [-0.2, -0.15) is 0 Å². The van der Waals surface area contributed by atoms with Gasteiger partial charge in [0.05, 0.1) is 25.0 Å². The minimum Gasteiger partial charge on any atom is -0.547 e. The van der Waals surface area contributed by atoms with Crippen LogP contribution >= 0.6 is 0 Å². The van der Waals surface area contributed by atoms with Gasteiger partial charge in [-0.3, -0.25) is 0 Å². The Hall–Kier alpha value is -1.30. The molecule has 0 unspecified atom stereocenters. The largest absolute Gasteiger partial charge is 0.547 e. The van der Waals surface area contributed by atoms with Gasteiger partial charge >= 0.3 is 0 Å². The van der Waals surface area contributed by atoms with Crippen LogP contribution in [0.5, 0.6) is 0 Å². The molecule has 0 aromatic heterocycles. The van der Waals surface area contributed by atoms with Crippen molar-refractivity contribution in [2.24, 2.45) is 0 Å². The van der Waals surface area contributed by atoms with Crippen LogP contribution in [0, 0.1) is 0 Å². The Kier molecular flexibility index (Phi) is 20.7. The molecule has 0 aliphatic carbocycles. The van der Waals surface area contributed by atoms with E-state index in [1.165, 1.54) is 25.7 Å². The summed E-state index contributed by atoms with van der Waals surface area (Å²) in [5.41, 5.74) is 7.35. The third-order valence-corrected chi connectivity index (χ3v) is 2.69. The number of quaternary nitrogens is 2. The quantitative estimate of drug-likeness (QED) is 0.233. The second-order valence-corrected chi connectivity index (χ2v) is 4.92. The van der Waals surface area contributed by atoms with E-state index in [2.05, 4.69) is 25.3 Å². The van der Waals surface area contributed by atoms with Crippen molar-refractivity contribution in [3.63, 3.8) is 0 Å². The van der Waals surface area contributed by atoms with Gasteiger partial charge in [-0.15, -0.1) is 0 Å². The number of unbranched alkanes of at least 4 members (excludes halogenated alkanes) is 2. The molecule has 4 atom stereocenters. The minimum atomic E-state index is -2.50. The van der Waals surface area contributed by atoms with Gasteiger partial charge in [0, 0.05) is 0 Å². The van der Waals surface area contributed by atoms with Crippen LogP contribution in [0.2, 0.25) is 0 Å². The average molecular weight is 356 g/mol. The van der Waals surface area contributed by atoms with E-state index < -0.39 is 36.4 Å². The normalized spacial score (nSPS) is 14.8. The minimum absolute atomic E-state index is 1.09. The van der Waals surface area contributed by atoms with Crippen molar-refractivity contribution in [1.82, 2.24) is 0 Å². The van der Waals surface area contributed by atoms with E-state index in [9.17, 15) is 19.8 Å². The molecule has 146 valence electrons. The molecule has 0 aliphatic heterocycles. The van der Waals surface area contributed by atoms with Crippen LogP contribution in [0.3, 0.4) is 0 Å². The van der Waals surface area contributed by atoms with Crippen molar-refractivity contribution in [2.75, 3.05) is 13.1 Å². The highest BCUT2D eigenvalue weighted by Crippen LogP contribution is 2.04. The molecule has 0 rings (SSSR count). The molecule has 0 fully saturated rings. The molecule has 10 N–H and O–H groups in total. The number of aliphatic carboxylic acids is 2. The first-order valence-electron chi connectivity index (χ1n) is 7.84. The highest BCUT2D eigenvalue weighted by molar-refractivity contribution is 5.72. The SMILES string of the molecule is CCCC[NH3+].CCCC[NH3+].O=C([O-])[C@@H](O)[C@@H](O)[C@H](O)[C@@H](O)C(=O)[O-]. The maximum Gasteiger partial charge on any atom is 0.122 e. The highest BCUT2D eigenvalue weighted by atomic mass is 16.4. The number of aliphatic hydroxyl groups excluding tert-OH is 4. The van der Waals surface area contributed by atoms with Crippen LogP contribution in [-0.2, 0) is 9.59 Å². The molecule has 10 nitrogen and oxygen atoms in total. The summed E-state index contributed by atoms with van der Waals surface area (Å²) in [4.78, 5) is 19.9. The number of carboxylic acids is 2. The molecule has 10 heteroatoms. The predicted molar refractivity (Wildman–Crippen MR) is 79.4 cm³/mol. The lowest BCUT2D eigenvalue weighted by Crippen LogP contribution is -2.55. The van der Waals surface area contributed by atoms with Crippen LogP contribution in [0.4, 0.5) is 0 Å². The fourth-order valence-corrected chi connectivity index (χ4v) is 1.15. The number of hydrogen-bond donors (Lipinski definition) is 6. The molecule has 0 saturated heterocycles. The summed E-state index contributed by atoms with van der Waals surface area (Å²) >= 11 is 0. The summed E-state index contributed by atoms with van der Waals surface area (Å²) in [5.74, 6) is -4.22. The van der Waals surface area contributed by atoms with Gasteiger partial charge in [-0.05, 0) is 12.8 Å². The third-order valence-electron chi connectivity index (χ3n) is 2.69. The molecule has 0 aromatic rings. The molecule has 0 aliphatic rings. The molecule has 0 amide bonds. The summed E-state index contributed by atoms with van der Waals surface area (Å²) in [6, 6.07) is 0. The van der Waals surface area contributed by atoms with E-state index >= 15 is 0 Å². The number of carbonyl (C=O) groups is 2. The number of rotatable bonds is 9. The number of hydrogen-bond acceptors (Lipinski definition) is 8. The van der Waals surface area contributed by atoms with Gasteiger partial charge in [-0.1, -0.05) is 26.7 Å². The van der Waals surface area contributed by atoms with Crippen molar-refractivity contribution in [3.8, 4) is 0 Å². The van der Waals surface area contributed by atoms with E-state index in [0.29, 0.717) is 0 Å². The molecule has 0 spiro atoms. The first-order chi connectivity index (χ1) is 11.1. The van der Waals surface area contributed by atoms with Gasteiger partial charge < -0.3 is 51.7 Å². The van der Waals surface area contributed by atoms with Crippen LogP contribution in [0.1, 0.15) is 39.5 Å². The van der Waals surface area contributed by atoms with Crippen molar-refractivity contribution in [2.45, 2.75) is 63.9 Å². The maximum absolute atomic E-state index is 9.96. The monoisotopic (exact) mass is 356 g/mol. The van der Waals surface area contributed by atoms with Gasteiger partial charge in [-0.25, -0.2) is 0 Å². The Morgan fingerprint density at radius 2 is 1.04 bits per heavy atom. The Labute approximate surface area is 141 Å². The van der Waals surface area contributed by atoms with E-state index in [1.54, 1.807) is 0 Å². The average Bonchev–Trinajstić information content (AvgIpc) is 2.54. The first-order valence-corrected chi connectivity index (χ1v) is 7.84. The standard InChI is InChI=1S/C6H10O8.2C4H11N/c7-1(3(9)5(11)12)2(8)4(10)6(13)14;2*1-2-3-4-5/h1-4,7-10H,(H,11,12)(H,13,14);2*2-5H2,1H3/t1-,2-,3-,4+;;/m0../s1. The molecule has 24 heavy (non-hydrogen) atoms. The molecule has 0 heterocycles. The second kappa shape index (κ2) is 18.0. The zero-order valence-electron chi connectivity index (χ0n) is 14.4. The third kappa shape index (κ3) is 15.6. The van der Waals surface area contributed by atoms with E-state index in [0.717, 1.165) is 13.1 Å². The molecule has 0 radical (unpaired) electrons. The molecular formula is C14H32N2O8. The van der Waals surface area contributed by atoms with Crippen LogP contribution in [-0.4, -0.2) is 69.9 Å². The number of carboxylic acid groups (broad SMARTS) is 2. The van der Waals surface area contributed by atoms with E-state index in [4.69, 9.17) is 20.4 Å². The topological polar surface area (TPSA) is 216 Å². The predicted octanol–water partition coefficient (Wildman–Crippen LogP) is -6.01. The second-order valence-electron chi connectivity index (χ2n) is 4.92. The Morgan fingerprint density at radius 1 is 0.792 bits per heavy atom. The van der Waals surface area contributed by atoms with E-state index in [-0.39, 0.29) is 0 Å². The van der Waals surface area contributed by atoms with E-state index in [1.807, 2.05) is 0 Å². The van der Waals surface area contributed by atoms with Crippen molar-refractivity contribution >= 4 is 11.9 Å². The summed E-state index contributed by atoms with van der Waals surface area (Å²) < 4.78 is 0. The van der Waals surface area contributed by atoms with Crippen LogP contribution in [0.25, 0.3) is 0 Å². The van der Waals surface area contributed by atoms with Crippen molar-refractivity contribution in [3.05, 3.63) is 0 Å². The van der Waals surface area contributed by atoms with Gasteiger partial charge in [0.15, 0.2) is 0 Å². The Balaban J connectivity index is -0.000000361. The van der Waals surface area contributed by atoms with Crippen molar-refractivity contribution < 1.29 is 51.7 Å². The van der Waals surface area contributed by atoms with Gasteiger partial charge in [0.25, 0.3) is 0 Å². The fourth-order valence-electron chi connectivity index (χ4n) is 1.15. The summed E-state index contributed by atoms with van der Waals surface area (Å²) in [5, 5.41) is 54.7. The summed E-state index contributed by atoms with van der Waals surface area (Å²) in [6.07, 6.45) is -4.65. The lowest BCUT2D eigenvalue weighted by molar-refractivity contribution is -0.368. The van der Waals surface area contributed by atoms with Crippen LogP contribution in [0.15, 0.2) is 0 Å². The number of carbonyl (C=O) groups excluding carboxylic acids is 2. The van der Waals surface area contributed by atoms with Gasteiger partial charge in [0.1, 0.15) is 24.4 Å². The molecular weight excluding hydrogens is 324 g/mol. The maximum atomic E-state index is 9.96. The lowest BCUT2D eigenvalue weighted by atomic mass is 10.0. The lowest BCUT2D eigenvalue weighted by Gasteiger charge is -2.27. The molecule has 0 bridgehead atoms. The number of aliphatic hydroxyl groups is 4. The molecule has 0 aromatic carbocycles. The Bertz CT molecular complexity index is 283. The first kappa shape index (κ1) is 27.5. The highest BCUT2D eigenvalue weighted by Gasteiger charge is 2.31. The van der Waals surface area contributed by atoms with Crippen LogP contribution < -0.4 is 21.7 Å². The fraction of sp³-hybridized carbons (Fsp3) is 0.857. The summed E-state index contributed by atoms with van der Waals surface area (Å²) in [7, 11) is 0. The smallest absolute Gasteiger partial charge is 0.122 e. The van der Waals surface area contributed by atoms with Crippen molar-refractivity contribution in [1.29, 1.82) is 0 Å². The van der Waals surface area contributed by atoms with Gasteiger partial charge in [0.2, 0.25) is 0 Å². The summed E-state index contributed by atoms with van der Waals surface area (Å²) in [6.45, 7) is 6.53. The Morgan fingerprint density at radius 3 is 1.12 bits per heavy atom. The zero-order valence-corrected chi connectivity index (χ0v) is 14.4.